The zero-order valence-electron chi connectivity index (χ0n) is 27.1. The number of carboxylic acids is 1. The minimum atomic E-state index is -1.08. The summed E-state index contributed by atoms with van der Waals surface area (Å²) in [5.41, 5.74) is 7.35. The summed E-state index contributed by atoms with van der Waals surface area (Å²) in [6, 6.07) is 24.9. The highest BCUT2D eigenvalue weighted by Gasteiger charge is 2.20. The summed E-state index contributed by atoms with van der Waals surface area (Å²) in [7, 11) is 0. The molecule has 0 saturated heterocycles. The number of benzene rings is 3. The Bertz CT molecular complexity index is 1510. The van der Waals surface area contributed by atoms with E-state index in [0.29, 0.717) is 22.7 Å². The fraction of sp³-hybridized carbons (Fsp3) is 0.378. The fourth-order valence-corrected chi connectivity index (χ4v) is 6.36. The molecule has 2 amide bonds. The number of nitrogens with one attached hydrogen (secondary N) is 1. The SMILES string of the molecule is CCCC(CCC)c1ccc(N(Cc2ccc(-c3csc(CN(CC(=O)O)C(=O)Nc4ccc(C)cc4)n3)cc2)C(C)C)cc1. The summed E-state index contributed by atoms with van der Waals surface area (Å²) >= 11 is 1.42. The van der Waals surface area contributed by atoms with Crippen molar-refractivity contribution in [3.05, 3.63) is 99.9 Å². The topological polar surface area (TPSA) is 85.8 Å². The first-order chi connectivity index (χ1) is 21.7. The molecular weight excluding hydrogens is 580 g/mol. The summed E-state index contributed by atoms with van der Waals surface area (Å²) in [6.45, 7) is 11.4. The minimum absolute atomic E-state index is 0.104. The number of carbonyl (C=O) groups is 2. The average Bonchev–Trinajstić information content (AvgIpc) is 3.49. The molecule has 0 aliphatic rings. The van der Waals surface area contributed by atoms with Crippen molar-refractivity contribution in [2.24, 2.45) is 0 Å². The number of aryl methyl sites for hydroxylation is 1. The summed E-state index contributed by atoms with van der Waals surface area (Å²) in [4.78, 5) is 32.8. The molecule has 45 heavy (non-hydrogen) atoms. The van der Waals surface area contributed by atoms with E-state index in [9.17, 15) is 14.7 Å². The molecule has 7 nitrogen and oxygen atoms in total. The molecule has 1 heterocycles. The van der Waals surface area contributed by atoms with E-state index in [-0.39, 0.29) is 6.54 Å². The molecule has 0 bridgehead atoms. The third-order valence-corrected chi connectivity index (χ3v) is 8.82. The van der Waals surface area contributed by atoms with Gasteiger partial charge in [-0.15, -0.1) is 11.3 Å². The van der Waals surface area contributed by atoms with E-state index >= 15 is 0 Å². The van der Waals surface area contributed by atoms with E-state index in [1.54, 1.807) is 12.1 Å². The monoisotopic (exact) mass is 626 g/mol. The van der Waals surface area contributed by atoms with Crippen molar-refractivity contribution in [1.82, 2.24) is 9.88 Å². The molecule has 0 aliphatic carbocycles. The number of carboxylic acid groups (broad SMARTS) is 1. The second-order valence-corrected chi connectivity index (χ2v) is 12.9. The molecule has 0 saturated carbocycles. The van der Waals surface area contributed by atoms with Gasteiger partial charge in [0.05, 0.1) is 12.2 Å². The lowest BCUT2D eigenvalue weighted by molar-refractivity contribution is -0.137. The van der Waals surface area contributed by atoms with Gasteiger partial charge >= 0.3 is 12.0 Å². The smallest absolute Gasteiger partial charge is 0.323 e. The van der Waals surface area contributed by atoms with Gasteiger partial charge in [0.1, 0.15) is 11.6 Å². The number of urea groups is 1. The van der Waals surface area contributed by atoms with Gasteiger partial charge in [0.2, 0.25) is 0 Å². The van der Waals surface area contributed by atoms with Crippen LogP contribution in [0.25, 0.3) is 11.3 Å². The van der Waals surface area contributed by atoms with Crippen molar-refractivity contribution in [1.29, 1.82) is 0 Å². The Balaban J connectivity index is 1.42. The predicted molar refractivity (Wildman–Crippen MR) is 186 cm³/mol. The first kappa shape index (κ1) is 33.7. The van der Waals surface area contributed by atoms with Crippen molar-refractivity contribution in [2.75, 3.05) is 16.8 Å². The minimum Gasteiger partial charge on any atom is -0.480 e. The number of anilines is 2. The molecule has 0 spiro atoms. The summed E-state index contributed by atoms with van der Waals surface area (Å²) < 4.78 is 0. The zero-order valence-corrected chi connectivity index (χ0v) is 27.9. The van der Waals surface area contributed by atoms with Crippen LogP contribution in [0.15, 0.2) is 78.2 Å². The third kappa shape index (κ3) is 9.66. The molecule has 0 atom stereocenters. The number of hydrogen-bond donors (Lipinski definition) is 2. The Morgan fingerprint density at radius 2 is 1.53 bits per heavy atom. The second-order valence-electron chi connectivity index (χ2n) is 12.0. The van der Waals surface area contributed by atoms with Crippen LogP contribution in [0.1, 0.15) is 81.0 Å². The molecule has 2 N–H and O–H groups in total. The highest BCUT2D eigenvalue weighted by molar-refractivity contribution is 7.09. The van der Waals surface area contributed by atoms with Crippen molar-refractivity contribution >= 4 is 34.7 Å². The Morgan fingerprint density at radius 3 is 2.11 bits per heavy atom. The van der Waals surface area contributed by atoms with Gasteiger partial charge in [0.15, 0.2) is 0 Å². The number of rotatable bonds is 15. The van der Waals surface area contributed by atoms with E-state index in [0.717, 1.165) is 23.4 Å². The van der Waals surface area contributed by atoms with Gasteiger partial charge in [0, 0.05) is 34.9 Å². The molecule has 0 fully saturated rings. The lowest BCUT2D eigenvalue weighted by Crippen LogP contribution is -2.38. The van der Waals surface area contributed by atoms with Gasteiger partial charge in [-0.3, -0.25) is 4.79 Å². The van der Waals surface area contributed by atoms with E-state index in [2.05, 4.69) is 86.4 Å². The van der Waals surface area contributed by atoms with Crippen LogP contribution in [0.4, 0.5) is 16.2 Å². The standard InChI is InChI=1S/C37H46N4O3S/c1-6-8-29(9-7-2)30-16-20-33(21-17-30)41(26(3)4)22-28-12-14-31(15-13-28)34-25-45-35(39-34)23-40(24-36(42)43)37(44)38-32-18-10-27(5)11-19-32/h10-21,25-26,29H,6-9,22-24H2,1-5H3,(H,38,44)(H,42,43). The number of hydrogen-bond acceptors (Lipinski definition) is 5. The highest BCUT2D eigenvalue weighted by Crippen LogP contribution is 2.30. The van der Waals surface area contributed by atoms with E-state index in [4.69, 9.17) is 4.98 Å². The molecular formula is C37H46N4O3S. The Morgan fingerprint density at radius 1 is 0.889 bits per heavy atom. The maximum atomic E-state index is 12.9. The van der Waals surface area contributed by atoms with E-state index in [1.807, 2.05) is 24.4 Å². The molecule has 1 aromatic heterocycles. The van der Waals surface area contributed by atoms with Gasteiger partial charge < -0.3 is 20.2 Å². The highest BCUT2D eigenvalue weighted by atomic mass is 32.1. The first-order valence-electron chi connectivity index (χ1n) is 15.9. The number of aliphatic carboxylic acids is 1. The van der Waals surface area contributed by atoms with Gasteiger partial charge in [-0.25, -0.2) is 9.78 Å². The summed E-state index contributed by atoms with van der Waals surface area (Å²) in [5, 5.41) is 14.8. The number of carbonyl (C=O) groups excluding carboxylic acids is 1. The molecule has 0 unspecified atom stereocenters. The summed E-state index contributed by atoms with van der Waals surface area (Å²) in [5.74, 6) is -0.443. The van der Waals surface area contributed by atoms with Crippen LogP contribution >= 0.6 is 11.3 Å². The van der Waals surface area contributed by atoms with Crippen molar-refractivity contribution in [2.45, 2.75) is 85.4 Å². The molecule has 8 heteroatoms. The van der Waals surface area contributed by atoms with Crippen LogP contribution < -0.4 is 10.2 Å². The van der Waals surface area contributed by atoms with Gasteiger partial charge in [0.25, 0.3) is 0 Å². The van der Waals surface area contributed by atoms with E-state index < -0.39 is 18.5 Å². The number of amides is 2. The van der Waals surface area contributed by atoms with Gasteiger partial charge in [-0.2, -0.15) is 0 Å². The molecule has 4 aromatic rings. The maximum absolute atomic E-state index is 12.9. The predicted octanol–water partition coefficient (Wildman–Crippen LogP) is 9.34. The number of thiazole rings is 1. The van der Waals surface area contributed by atoms with E-state index in [1.165, 1.54) is 58.7 Å². The van der Waals surface area contributed by atoms with Crippen LogP contribution in [-0.4, -0.2) is 39.6 Å². The number of aromatic nitrogens is 1. The number of nitrogens with zero attached hydrogens (tertiary/aromatic N) is 3. The normalized spacial score (nSPS) is 11.2. The lowest BCUT2D eigenvalue weighted by atomic mass is 9.90. The largest absolute Gasteiger partial charge is 0.480 e. The lowest BCUT2D eigenvalue weighted by Gasteiger charge is -2.30. The summed E-state index contributed by atoms with van der Waals surface area (Å²) in [6.07, 6.45) is 4.88. The van der Waals surface area contributed by atoms with Crippen LogP contribution in [-0.2, 0) is 17.9 Å². The van der Waals surface area contributed by atoms with Crippen LogP contribution in [0, 0.1) is 6.92 Å². The fourth-order valence-electron chi connectivity index (χ4n) is 5.54. The van der Waals surface area contributed by atoms with Crippen LogP contribution in [0.5, 0.6) is 0 Å². The third-order valence-electron chi connectivity index (χ3n) is 7.99. The molecule has 3 aromatic carbocycles. The average molecular weight is 627 g/mol. The van der Waals surface area contributed by atoms with Crippen LogP contribution in [0.3, 0.4) is 0 Å². The molecule has 4 rings (SSSR count). The zero-order chi connectivity index (χ0) is 32.3. The molecule has 0 aliphatic heterocycles. The van der Waals surface area contributed by atoms with Crippen LogP contribution in [0.2, 0.25) is 0 Å². The second kappa shape index (κ2) is 16.2. The Hall–Kier alpha value is -4.17. The Labute approximate surface area is 271 Å². The van der Waals surface area contributed by atoms with Crippen molar-refractivity contribution in [3.8, 4) is 11.3 Å². The van der Waals surface area contributed by atoms with Crippen molar-refractivity contribution in [3.63, 3.8) is 0 Å². The molecule has 0 radical (unpaired) electrons. The van der Waals surface area contributed by atoms with Gasteiger partial charge in [-0.05, 0) is 74.9 Å². The Kier molecular flexibility index (Phi) is 12.2. The maximum Gasteiger partial charge on any atom is 0.323 e. The first-order valence-corrected chi connectivity index (χ1v) is 16.8. The van der Waals surface area contributed by atoms with Gasteiger partial charge in [-0.1, -0.05) is 80.8 Å². The van der Waals surface area contributed by atoms with Crippen molar-refractivity contribution < 1.29 is 14.7 Å². The molecule has 238 valence electrons. The quantitative estimate of drug-likeness (QED) is 0.137.